The summed E-state index contributed by atoms with van der Waals surface area (Å²) in [5, 5.41) is 11.0. The summed E-state index contributed by atoms with van der Waals surface area (Å²) in [5.41, 5.74) is 0.277. The van der Waals surface area contributed by atoms with Crippen LogP contribution in [-0.2, 0) is 9.53 Å². The molecule has 0 aromatic heterocycles. The number of ether oxygens (including phenoxy) is 1. The molecule has 1 unspecified atom stereocenters. The number of carbonyl (C=O) groups is 2. The van der Waals surface area contributed by atoms with Crippen molar-refractivity contribution < 1.29 is 19.4 Å². The first-order chi connectivity index (χ1) is 18.1. The molecular formula is C34H50O4. The molecule has 0 aliphatic heterocycles. The monoisotopic (exact) mass is 522 g/mol. The second-order valence-electron chi connectivity index (χ2n) is 14.3. The van der Waals surface area contributed by atoms with E-state index in [2.05, 4.69) is 34.6 Å². The van der Waals surface area contributed by atoms with Crippen LogP contribution in [0, 0.1) is 52.3 Å². The summed E-state index contributed by atoms with van der Waals surface area (Å²) in [4.78, 5) is 27.1. The van der Waals surface area contributed by atoms with Gasteiger partial charge in [0.15, 0.2) is 11.9 Å². The standard InChI is InChI=1S/C34H50O4/c1-21(2)10-9-11-22(3)26-16-17-27-25-15-14-24-20-29(35)30(38-32(37)23-12-7-6-8-13-23)31(36)34(24,5)28(25)18-19-33(26,27)4/h6-8,12-13,21-22,24-30,35H,9-11,14-20H2,1-5H3/t22-,24-,25-,26-,27+,28+,29+,30?,33-,34+/m1/s1. The van der Waals surface area contributed by atoms with Gasteiger partial charge in [-0.25, -0.2) is 4.79 Å². The maximum atomic E-state index is 14.2. The van der Waals surface area contributed by atoms with Crippen LogP contribution in [0.25, 0.3) is 0 Å². The van der Waals surface area contributed by atoms with Gasteiger partial charge < -0.3 is 9.84 Å². The number of fused-ring (bicyclic) bond motifs is 5. The molecule has 4 aliphatic carbocycles. The fourth-order valence-corrected chi connectivity index (χ4v) is 9.99. The van der Waals surface area contributed by atoms with E-state index in [1.54, 1.807) is 24.3 Å². The third kappa shape index (κ3) is 4.67. The van der Waals surface area contributed by atoms with Gasteiger partial charge in [0.25, 0.3) is 0 Å². The summed E-state index contributed by atoms with van der Waals surface area (Å²) in [6.45, 7) is 11.9. The lowest BCUT2D eigenvalue weighted by Gasteiger charge is -2.60. The number of aliphatic hydroxyl groups is 1. The highest BCUT2D eigenvalue weighted by molar-refractivity contribution is 5.96. The quantitative estimate of drug-likeness (QED) is 0.377. The Hall–Kier alpha value is -1.68. The third-order valence-electron chi connectivity index (χ3n) is 12.0. The summed E-state index contributed by atoms with van der Waals surface area (Å²) in [6, 6.07) is 8.83. The molecule has 4 saturated carbocycles. The van der Waals surface area contributed by atoms with Gasteiger partial charge in [0.2, 0.25) is 0 Å². The van der Waals surface area contributed by atoms with Gasteiger partial charge in [0.05, 0.1) is 11.7 Å². The van der Waals surface area contributed by atoms with Crippen molar-refractivity contribution >= 4 is 11.8 Å². The highest BCUT2D eigenvalue weighted by Crippen LogP contribution is 2.68. The molecule has 4 aliphatic rings. The molecule has 0 heterocycles. The van der Waals surface area contributed by atoms with Crippen molar-refractivity contribution in [3.8, 4) is 0 Å². The fraction of sp³-hybridized carbons (Fsp3) is 0.765. The van der Waals surface area contributed by atoms with E-state index in [1.807, 2.05) is 6.07 Å². The van der Waals surface area contributed by atoms with Crippen molar-refractivity contribution in [2.45, 2.75) is 111 Å². The predicted molar refractivity (Wildman–Crippen MR) is 150 cm³/mol. The number of carbonyl (C=O) groups excluding carboxylic acids is 2. The number of esters is 1. The third-order valence-corrected chi connectivity index (χ3v) is 12.0. The van der Waals surface area contributed by atoms with Crippen LogP contribution in [0.5, 0.6) is 0 Å². The number of hydrogen-bond acceptors (Lipinski definition) is 4. The van der Waals surface area contributed by atoms with Crippen molar-refractivity contribution in [2.75, 3.05) is 0 Å². The lowest BCUT2D eigenvalue weighted by Crippen LogP contribution is -2.62. The minimum Gasteiger partial charge on any atom is -0.448 e. The zero-order valence-electron chi connectivity index (χ0n) is 24.3. The normalized spacial score (nSPS) is 41.2. The van der Waals surface area contributed by atoms with Crippen LogP contribution in [0.2, 0.25) is 0 Å². The summed E-state index contributed by atoms with van der Waals surface area (Å²) in [6.07, 6.45) is 9.65. The predicted octanol–water partition coefficient (Wildman–Crippen LogP) is 7.48. The first-order valence-corrected chi connectivity index (χ1v) is 15.6. The molecule has 1 N–H and O–H groups in total. The van der Waals surface area contributed by atoms with E-state index in [-0.39, 0.29) is 11.7 Å². The minimum absolute atomic E-state index is 0.0274. The second kappa shape index (κ2) is 10.7. The minimum atomic E-state index is -1.06. The Kier molecular flexibility index (Phi) is 7.86. The lowest BCUT2D eigenvalue weighted by molar-refractivity contribution is -0.180. The molecule has 210 valence electrons. The maximum Gasteiger partial charge on any atom is 0.338 e. The van der Waals surface area contributed by atoms with Gasteiger partial charge in [-0.05, 0) is 104 Å². The number of benzene rings is 1. The van der Waals surface area contributed by atoms with E-state index in [0.29, 0.717) is 35.2 Å². The van der Waals surface area contributed by atoms with Gasteiger partial charge in [-0.15, -0.1) is 0 Å². The number of Topliss-reactive ketones (excluding diaryl/α,β-unsaturated/α-hetero) is 1. The number of rotatable bonds is 7. The molecule has 0 saturated heterocycles. The molecule has 4 nitrogen and oxygen atoms in total. The van der Waals surface area contributed by atoms with Crippen LogP contribution in [0.1, 0.15) is 109 Å². The molecule has 10 atom stereocenters. The summed E-state index contributed by atoms with van der Waals surface area (Å²) in [5.74, 6) is 3.54. The first-order valence-electron chi connectivity index (χ1n) is 15.6. The maximum absolute atomic E-state index is 14.2. The highest BCUT2D eigenvalue weighted by Gasteiger charge is 2.64. The Morgan fingerprint density at radius 1 is 1.00 bits per heavy atom. The summed E-state index contributed by atoms with van der Waals surface area (Å²) < 4.78 is 5.77. The van der Waals surface area contributed by atoms with Crippen LogP contribution >= 0.6 is 0 Å². The van der Waals surface area contributed by atoms with E-state index >= 15 is 0 Å². The van der Waals surface area contributed by atoms with Crippen LogP contribution in [0.15, 0.2) is 30.3 Å². The molecule has 0 bridgehead atoms. The SMILES string of the molecule is CC(C)CCC[C@@H](C)[C@H]1CC[C@H]2[C@H]3CC[C@@H]4C[C@H](O)C(OC(=O)c5ccccc5)C(=O)[C@]4(C)[C@H]3CC[C@]12C. The first kappa shape index (κ1) is 27.9. The van der Waals surface area contributed by atoms with Crippen molar-refractivity contribution in [1.82, 2.24) is 0 Å². The molecule has 0 amide bonds. The Balaban J connectivity index is 1.33. The molecule has 1 aromatic carbocycles. The van der Waals surface area contributed by atoms with Crippen molar-refractivity contribution in [3.63, 3.8) is 0 Å². The number of hydrogen-bond donors (Lipinski definition) is 1. The topological polar surface area (TPSA) is 63.6 Å². The Morgan fingerprint density at radius 3 is 2.45 bits per heavy atom. The van der Waals surface area contributed by atoms with Gasteiger partial charge >= 0.3 is 5.97 Å². The molecule has 1 aromatic rings. The molecule has 0 radical (unpaired) electrons. The highest BCUT2D eigenvalue weighted by atomic mass is 16.6. The van der Waals surface area contributed by atoms with Gasteiger partial charge in [0, 0.05) is 5.41 Å². The molecule has 4 heteroatoms. The van der Waals surface area contributed by atoms with Crippen molar-refractivity contribution in [1.29, 1.82) is 0 Å². The van der Waals surface area contributed by atoms with Crippen molar-refractivity contribution in [2.24, 2.45) is 52.3 Å². The van der Waals surface area contributed by atoms with E-state index < -0.39 is 23.6 Å². The number of ketones is 1. The fourth-order valence-electron chi connectivity index (χ4n) is 9.99. The van der Waals surface area contributed by atoms with E-state index in [9.17, 15) is 14.7 Å². The van der Waals surface area contributed by atoms with Gasteiger partial charge in [-0.2, -0.15) is 0 Å². The average molecular weight is 523 g/mol. The largest absolute Gasteiger partial charge is 0.448 e. The average Bonchev–Trinajstić information content (AvgIpc) is 3.25. The van der Waals surface area contributed by atoms with Gasteiger partial charge in [-0.3, -0.25) is 4.79 Å². The van der Waals surface area contributed by atoms with Gasteiger partial charge in [-0.1, -0.05) is 72.1 Å². The van der Waals surface area contributed by atoms with Gasteiger partial charge in [0.1, 0.15) is 0 Å². The zero-order chi connectivity index (χ0) is 27.2. The lowest BCUT2D eigenvalue weighted by atomic mass is 9.43. The molecular weight excluding hydrogens is 472 g/mol. The Labute approximate surface area is 230 Å². The van der Waals surface area contributed by atoms with Crippen LogP contribution in [0.4, 0.5) is 0 Å². The van der Waals surface area contributed by atoms with E-state index in [0.717, 1.165) is 30.6 Å². The molecule has 38 heavy (non-hydrogen) atoms. The molecule has 4 fully saturated rings. The zero-order valence-corrected chi connectivity index (χ0v) is 24.3. The summed E-state index contributed by atoms with van der Waals surface area (Å²) in [7, 11) is 0. The smallest absolute Gasteiger partial charge is 0.338 e. The van der Waals surface area contributed by atoms with Crippen LogP contribution < -0.4 is 0 Å². The van der Waals surface area contributed by atoms with Crippen molar-refractivity contribution in [3.05, 3.63) is 35.9 Å². The molecule has 0 spiro atoms. The van der Waals surface area contributed by atoms with E-state index in [4.69, 9.17) is 4.74 Å². The molecule has 5 rings (SSSR count). The van der Waals surface area contributed by atoms with E-state index in [1.165, 1.54) is 44.9 Å². The Morgan fingerprint density at radius 2 is 1.74 bits per heavy atom. The second-order valence-corrected chi connectivity index (χ2v) is 14.3. The van der Waals surface area contributed by atoms with Crippen LogP contribution in [0.3, 0.4) is 0 Å². The Bertz CT molecular complexity index is 1000. The van der Waals surface area contributed by atoms with Crippen LogP contribution in [-0.4, -0.2) is 29.1 Å². The number of aliphatic hydroxyl groups excluding tert-OH is 1. The summed E-state index contributed by atoms with van der Waals surface area (Å²) >= 11 is 0.